The standard InChI is InChI=1S/C10H11N7S2/c1-4-5(2)12-9-13-6(3)16-17(9)7(4)18-10-15-14-8(11)19-10/h1-3H3,(H2,11,14). The quantitative estimate of drug-likeness (QED) is 0.717. The monoisotopic (exact) mass is 293 g/mol. The van der Waals surface area contributed by atoms with Crippen LogP contribution in [-0.4, -0.2) is 29.8 Å². The van der Waals surface area contributed by atoms with Crippen molar-refractivity contribution in [2.45, 2.75) is 30.1 Å². The number of anilines is 1. The fourth-order valence-electron chi connectivity index (χ4n) is 1.62. The first kappa shape index (κ1) is 12.3. The van der Waals surface area contributed by atoms with Gasteiger partial charge in [0.25, 0.3) is 5.78 Å². The molecular formula is C10H11N7S2. The van der Waals surface area contributed by atoms with Gasteiger partial charge < -0.3 is 5.73 Å². The van der Waals surface area contributed by atoms with E-state index < -0.39 is 0 Å². The van der Waals surface area contributed by atoms with Crippen LogP contribution in [0.15, 0.2) is 9.37 Å². The number of nitrogens with zero attached hydrogens (tertiary/aromatic N) is 6. The maximum atomic E-state index is 5.60. The molecule has 98 valence electrons. The first-order valence-corrected chi connectivity index (χ1v) is 7.15. The van der Waals surface area contributed by atoms with Crippen LogP contribution >= 0.6 is 23.1 Å². The molecule has 2 N–H and O–H groups in total. The maximum absolute atomic E-state index is 5.60. The second-order valence-corrected chi connectivity index (χ2v) is 6.25. The number of hydrogen-bond donors (Lipinski definition) is 1. The van der Waals surface area contributed by atoms with Gasteiger partial charge in [-0.3, -0.25) is 0 Å². The fraction of sp³-hybridized carbons (Fsp3) is 0.300. The minimum absolute atomic E-state index is 0.456. The van der Waals surface area contributed by atoms with E-state index in [2.05, 4.69) is 25.3 Å². The van der Waals surface area contributed by atoms with Gasteiger partial charge in [0.1, 0.15) is 10.9 Å². The van der Waals surface area contributed by atoms with Gasteiger partial charge in [-0.25, -0.2) is 4.98 Å². The molecule has 0 saturated carbocycles. The second kappa shape index (κ2) is 4.42. The summed E-state index contributed by atoms with van der Waals surface area (Å²) in [6, 6.07) is 0. The lowest BCUT2D eigenvalue weighted by Gasteiger charge is -2.07. The summed E-state index contributed by atoms with van der Waals surface area (Å²) in [7, 11) is 0. The van der Waals surface area contributed by atoms with Gasteiger partial charge in [-0.2, -0.15) is 9.50 Å². The van der Waals surface area contributed by atoms with E-state index in [1.807, 2.05) is 20.8 Å². The number of hydrogen-bond acceptors (Lipinski definition) is 8. The molecule has 19 heavy (non-hydrogen) atoms. The van der Waals surface area contributed by atoms with Crippen molar-refractivity contribution in [3.8, 4) is 0 Å². The lowest BCUT2D eigenvalue weighted by molar-refractivity contribution is 0.803. The van der Waals surface area contributed by atoms with Crippen LogP contribution < -0.4 is 5.73 Å². The summed E-state index contributed by atoms with van der Waals surface area (Å²) < 4.78 is 2.51. The van der Waals surface area contributed by atoms with Crippen LogP contribution in [0.4, 0.5) is 5.13 Å². The first-order valence-electron chi connectivity index (χ1n) is 5.52. The highest BCUT2D eigenvalue weighted by atomic mass is 32.2. The Balaban J connectivity index is 2.17. The molecule has 0 aliphatic carbocycles. The average molecular weight is 293 g/mol. The number of aromatic nitrogens is 6. The zero-order valence-corrected chi connectivity index (χ0v) is 12.2. The summed E-state index contributed by atoms with van der Waals surface area (Å²) in [5, 5.41) is 13.6. The molecule has 0 aliphatic rings. The van der Waals surface area contributed by atoms with Crippen molar-refractivity contribution >= 4 is 34.0 Å². The largest absolute Gasteiger partial charge is 0.374 e. The minimum atomic E-state index is 0.456. The van der Waals surface area contributed by atoms with E-state index in [-0.39, 0.29) is 0 Å². The highest BCUT2D eigenvalue weighted by Crippen LogP contribution is 2.33. The Morgan fingerprint density at radius 2 is 1.95 bits per heavy atom. The van der Waals surface area contributed by atoms with Crippen LogP contribution in [0.2, 0.25) is 0 Å². The normalized spacial score (nSPS) is 11.3. The molecule has 0 amide bonds. The second-order valence-electron chi connectivity index (χ2n) is 4.01. The summed E-state index contributed by atoms with van der Waals surface area (Å²) in [4.78, 5) is 8.71. The summed E-state index contributed by atoms with van der Waals surface area (Å²) in [6.07, 6.45) is 0. The maximum Gasteiger partial charge on any atom is 0.253 e. The Morgan fingerprint density at radius 1 is 1.16 bits per heavy atom. The van der Waals surface area contributed by atoms with E-state index in [1.165, 1.54) is 23.1 Å². The van der Waals surface area contributed by atoms with Gasteiger partial charge in [-0.05, 0) is 32.5 Å². The fourth-order valence-corrected chi connectivity index (χ4v) is 3.38. The van der Waals surface area contributed by atoms with E-state index in [1.54, 1.807) is 4.52 Å². The number of rotatable bonds is 2. The van der Waals surface area contributed by atoms with Gasteiger partial charge in [0.05, 0.1) is 0 Å². The Kier molecular flexibility index (Phi) is 2.86. The molecule has 0 fully saturated rings. The first-order chi connectivity index (χ1) is 9.04. The van der Waals surface area contributed by atoms with Crippen LogP contribution in [0.3, 0.4) is 0 Å². The van der Waals surface area contributed by atoms with Gasteiger partial charge >= 0.3 is 0 Å². The summed E-state index contributed by atoms with van der Waals surface area (Å²) >= 11 is 2.83. The molecule has 0 aliphatic heterocycles. The SMILES string of the molecule is Cc1nc2nc(C)c(C)c(Sc3nnc(N)s3)n2n1. The zero-order chi connectivity index (χ0) is 13.6. The van der Waals surface area contributed by atoms with Gasteiger partial charge in [0, 0.05) is 11.3 Å². The molecule has 0 spiro atoms. The molecule has 0 bridgehead atoms. The van der Waals surface area contributed by atoms with Crippen molar-refractivity contribution in [1.82, 2.24) is 29.8 Å². The number of nitrogens with two attached hydrogens (primary N) is 1. The van der Waals surface area contributed by atoms with E-state index in [4.69, 9.17) is 5.73 Å². The van der Waals surface area contributed by atoms with Crippen molar-refractivity contribution < 1.29 is 0 Å². The predicted octanol–water partition coefficient (Wildman–Crippen LogP) is 1.63. The van der Waals surface area contributed by atoms with E-state index in [0.29, 0.717) is 16.7 Å². The molecule has 0 radical (unpaired) electrons. The molecule has 3 rings (SSSR count). The lowest BCUT2D eigenvalue weighted by atomic mass is 10.3. The number of nitrogen functional groups attached to an aromatic ring is 1. The third-order valence-electron chi connectivity index (χ3n) is 2.63. The third kappa shape index (κ3) is 2.15. The Hall–Kier alpha value is -1.74. The van der Waals surface area contributed by atoms with Crippen molar-refractivity contribution in [2.24, 2.45) is 0 Å². The molecule has 0 unspecified atom stereocenters. The molecular weight excluding hydrogens is 282 g/mol. The number of fused-ring (bicyclic) bond motifs is 1. The van der Waals surface area contributed by atoms with Crippen LogP contribution in [0, 0.1) is 20.8 Å². The van der Waals surface area contributed by atoms with E-state index >= 15 is 0 Å². The van der Waals surface area contributed by atoms with Crippen molar-refractivity contribution in [3.63, 3.8) is 0 Å². The Bertz CT molecular complexity index is 761. The smallest absolute Gasteiger partial charge is 0.253 e. The van der Waals surface area contributed by atoms with Crippen molar-refractivity contribution in [1.29, 1.82) is 0 Å². The Morgan fingerprint density at radius 3 is 2.63 bits per heavy atom. The lowest BCUT2D eigenvalue weighted by Crippen LogP contribution is -2.01. The minimum Gasteiger partial charge on any atom is -0.374 e. The molecule has 9 heteroatoms. The van der Waals surface area contributed by atoms with Gasteiger partial charge in [-0.1, -0.05) is 11.3 Å². The Labute approximate surface area is 117 Å². The van der Waals surface area contributed by atoms with Gasteiger partial charge in [-0.15, -0.1) is 15.3 Å². The molecule has 3 aromatic rings. The average Bonchev–Trinajstić information content (AvgIpc) is 2.91. The number of aryl methyl sites for hydroxylation is 2. The third-order valence-corrected chi connectivity index (χ3v) is 4.60. The van der Waals surface area contributed by atoms with Gasteiger partial charge in [0.15, 0.2) is 4.34 Å². The van der Waals surface area contributed by atoms with E-state index in [0.717, 1.165) is 20.6 Å². The highest BCUT2D eigenvalue weighted by molar-refractivity contribution is 8.01. The zero-order valence-electron chi connectivity index (χ0n) is 10.6. The van der Waals surface area contributed by atoms with Crippen molar-refractivity contribution in [3.05, 3.63) is 17.1 Å². The molecule has 0 aromatic carbocycles. The topological polar surface area (TPSA) is 94.9 Å². The van der Waals surface area contributed by atoms with Crippen LogP contribution in [0.25, 0.3) is 5.78 Å². The molecule has 0 atom stereocenters. The molecule has 3 aromatic heterocycles. The summed E-state index contributed by atoms with van der Waals surface area (Å²) in [5.74, 6) is 1.29. The van der Waals surface area contributed by atoms with E-state index in [9.17, 15) is 0 Å². The molecule has 3 heterocycles. The van der Waals surface area contributed by atoms with Crippen molar-refractivity contribution in [2.75, 3.05) is 5.73 Å². The van der Waals surface area contributed by atoms with Crippen LogP contribution in [0.1, 0.15) is 17.1 Å². The summed E-state index contributed by atoms with van der Waals surface area (Å²) in [5.41, 5.74) is 7.58. The summed E-state index contributed by atoms with van der Waals surface area (Å²) in [6.45, 7) is 5.81. The predicted molar refractivity (Wildman–Crippen MR) is 73.4 cm³/mol. The molecule has 0 saturated heterocycles. The highest BCUT2D eigenvalue weighted by Gasteiger charge is 2.15. The van der Waals surface area contributed by atoms with Crippen LogP contribution in [0.5, 0.6) is 0 Å². The molecule has 7 nitrogen and oxygen atoms in total. The van der Waals surface area contributed by atoms with Gasteiger partial charge in [0.2, 0.25) is 5.13 Å². The van der Waals surface area contributed by atoms with Crippen LogP contribution in [-0.2, 0) is 0 Å².